The first-order valence-corrected chi connectivity index (χ1v) is 13.2. The Hall–Kier alpha value is -4.36. The zero-order valence-corrected chi connectivity index (χ0v) is 23.5. The first-order valence-electron chi connectivity index (χ1n) is 12.1. The van der Waals surface area contributed by atoms with E-state index in [-0.39, 0.29) is 12.2 Å². The number of ether oxygens (including phenoxy) is 3. The Bertz CT molecular complexity index is 1580. The lowest BCUT2D eigenvalue weighted by Gasteiger charge is -2.15. The van der Waals surface area contributed by atoms with Crippen molar-refractivity contribution >= 4 is 57.0 Å². The predicted molar refractivity (Wildman–Crippen MR) is 159 cm³/mol. The van der Waals surface area contributed by atoms with Crippen LogP contribution in [-0.2, 0) is 16.1 Å². The van der Waals surface area contributed by atoms with Crippen LogP contribution in [0.15, 0.2) is 84.4 Å². The minimum Gasteiger partial charge on any atom is -0.493 e. The quantitative estimate of drug-likeness (QED) is 0.0949. The van der Waals surface area contributed by atoms with Crippen molar-refractivity contribution < 1.29 is 23.8 Å². The number of carbonyl (C=O) groups excluding carboxylic acids is 2. The van der Waals surface area contributed by atoms with E-state index in [1.807, 2.05) is 36.4 Å². The summed E-state index contributed by atoms with van der Waals surface area (Å²) in [5, 5.41) is 14.6. The number of nitrogens with one attached hydrogen (secondary N) is 1. The molecule has 0 heterocycles. The summed E-state index contributed by atoms with van der Waals surface area (Å²) in [5.41, 5.74) is 2.38. The second-order valence-electron chi connectivity index (χ2n) is 8.38. The van der Waals surface area contributed by atoms with Gasteiger partial charge in [0, 0.05) is 5.69 Å². The Morgan fingerprint density at radius 2 is 1.77 bits per heavy atom. The third-order valence-electron chi connectivity index (χ3n) is 5.83. The van der Waals surface area contributed by atoms with Crippen LogP contribution in [0.3, 0.4) is 0 Å². The van der Waals surface area contributed by atoms with Gasteiger partial charge in [-0.15, -0.1) is 0 Å². The van der Waals surface area contributed by atoms with Gasteiger partial charge in [-0.3, -0.25) is 4.79 Å². The number of hydrogen-bond acceptors (Lipinski definition) is 6. The lowest BCUT2D eigenvalue weighted by atomic mass is 10.1. The maximum atomic E-state index is 12.8. The summed E-state index contributed by atoms with van der Waals surface area (Å²) >= 11 is 2.15. The number of nitriles is 1. The van der Waals surface area contributed by atoms with Crippen molar-refractivity contribution in [2.75, 3.05) is 19.0 Å². The van der Waals surface area contributed by atoms with Crippen LogP contribution in [0.1, 0.15) is 28.4 Å². The standard InChI is InChI=1S/C31H25IN2O5/c1-3-38-31(36)22-11-13-25(14-12-22)34-30(35)24(18-33)15-20-16-27(32)29(28(17-20)37-2)39-19-23-9-6-8-21-7-4-5-10-26(21)23/h4-17H,3,19H2,1-2H3,(H,34,35)/b24-15+. The van der Waals surface area contributed by atoms with Crippen LogP contribution in [0.25, 0.3) is 16.8 Å². The summed E-state index contributed by atoms with van der Waals surface area (Å²) in [5.74, 6) is 0.0428. The number of nitrogens with zero attached hydrogens (tertiary/aromatic N) is 1. The molecule has 0 spiro atoms. The number of carbonyl (C=O) groups is 2. The van der Waals surface area contributed by atoms with Crippen molar-refractivity contribution in [1.82, 2.24) is 0 Å². The molecule has 7 nitrogen and oxygen atoms in total. The second kappa shape index (κ2) is 12.9. The third-order valence-corrected chi connectivity index (χ3v) is 6.63. The zero-order valence-electron chi connectivity index (χ0n) is 21.4. The topological polar surface area (TPSA) is 97.7 Å². The summed E-state index contributed by atoms with van der Waals surface area (Å²) in [7, 11) is 1.54. The van der Waals surface area contributed by atoms with Crippen LogP contribution in [0.4, 0.5) is 5.69 Å². The number of rotatable bonds is 9. The molecule has 0 bridgehead atoms. The molecule has 0 aliphatic carbocycles. The Morgan fingerprint density at radius 3 is 2.49 bits per heavy atom. The molecule has 8 heteroatoms. The number of amides is 1. The van der Waals surface area contributed by atoms with Crippen molar-refractivity contribution in [3.63, 3.8) is 0 Å². The average Bonchev–Trinajstić information content (AvgIpc) is 2.95. The fraction of sp³-hybridized carbons (Fsp3) is 0.129. The molecule has 1 amide bonds. The number of esters is 1. The summed E-state index contributed by atoms with van der Waals surface area (Å²) in [6.07, 6.45) is 1.49. The van der Waals surface area contributed by atoms with Gasteiger partial charge in [-0.1, -0.05) is 42.5 Å². The minimum atomic E-state index is -0.577. The number of hydrogen-bond donors (Lipinski definition) is 1. The average molecular weight is 632 g/mol. The van der Waals surface area contributed by atoms with Crippen LogP contribution in [0.2, 0.25) is 0 Å². The van der Waals surface area contributed by atoms with Crippen molar-refractivity contribution in [2.45, 2.75) is 13.5 Å². The van der Waals surface area contributed by atoms with Crippen molar-refractivity contribution in [2.24, 2.45) is 0 Å². The molecule has 4 aromatic rings. The van der Waals surface area contributed by atoms with Crippen molar-refractivity contribution in [1.29, 1.82) is 5.26 Å². The summed E-state index contributed by atoms with van der Waals surface area (Å²) in [6.45, 7) is 2.35. The van der Waals surface area contributed by atoms with E-state index in [9.17, 15) is 14.9 Å². The largest absolute Gasteiger partial charge is 0.493 e. The van der Waals surface area contributed by atoms with Gasteiger partial charge in [0.05, 0.1) is 22.9 Å². The predicted octanol–water partition coefficient (Wildman–Crippen LogP) is 6.75. The molecule has 0 aliphatic heterocycles. The fourth-order valence-corrected chi connectivity index (χ4v) is 4.73. The van der Waals surface area contributed by atoms with Crippen molar-refractivity contribution in [3.8, 4) is 17.6 Å². The lowest BCUT2D eigenvalue weighted by Crippen LogP contribution is -2.13. The summed E-state index contributed by atoms with van der Waals surface area (Å²) in [6, 6.07) is 26.0. The molecule has 4 aromatic carbocycles. The first-order chi connectivity index (χ1) is 18.9. The smallest absolute Gasteiger partial charge is 0.338 e. The van der Waals surface area contributed by atoms with E-state index in [0.717, 1.165) is 19.9 Å². The highest BCUT2D eigenvalue weighted by Gasteiger charge is 2.15. The number of halogens is 1. The highest BCUT2D eigenvalue weighted by Crippen LogP contribution is 2.35. The molecule has 39 heavy (non-hydrogen) atoms. The minimum absolute atomic E-state index is 0.0910. The summed E-state index contributed by atoms with van der Waals surface area (Å²) in [4.78, 5) is 24.6. The van der Waals surface area contributed by atoms with E-state index >= 15 is 0 Å². The van der Waals surface area contributed by atoms with E-state index in [1.54, 1.807) is 44.4 Å². The molecule has 1 N–H and O–H groups in total. The van der Waals surface area contributed by atoms with Crippen LogP contribution < -0.4 is 14.8 Å². The molecular formula is C31H25IN2O5. The lowest BCUT2D eigenvalue weighted by molar-refractivity contribution is -0.112. The number of methoxy groups -OCH3 is 1. The highest BCUT2D eigenvalue weighted by atomic mass is 127. The monoisotopic (exact) mass is 632 g/mol. The Labute approximate surface area is 240 Å². The summed E-state index contributed by atoms with van der Waals surface area (Å²) < 4.78 is 17.5. The van der Waals surface area contributed by atoms with E-state index in [4.69, 9.17) is 14.2 Å². The van der Waals surface area contributed by atoms with Crippen LogP contribution in [0.5, 0.6) is 11.5 Å². The van der Waals surface area contributed by atoms with Gasteiger partial charge < -0.3 is 19.5 Å². The number of fused-ring (bicyclic) bond motifs is 1. The van der Waals surface area contributed by atoms with Gasteiger partial charge in [-0.25, -0.2) is 4.79 Å². The van der Waals surface area contributed by atoms with Gasteiger partial charge in [0.15, 0.2) is 11.5 Å². The SMILES string of the molecule is CCOC(=O)c1ccc(NC(=O)/C(C#N)=C/c2cc(I)c(OCc3cccc4ccccc34)c(OC)c2)cc1. The highest BCUT2D eigenvalue weighted by molar-refractivity contribution is 14.1. The van der Waals surface area contributed by atoms with E-state index in [0.29, 0.717) is 34.9 Å². The first kappa shape index (κ1) is 27.7. The normalized spacial score (nSPS) is 11.0. The van der Waals surface area contributed by atoms with Gasteiger partial charge in [0.1, 0.15) is 18.2 Å². The Morgan fingerprint density at radius 1 is 1.03 bits per heavy atom. The van der Waals surface area contributed by atoms with Crippen LogP contribution in [0, 0.1) is 14.9 Å². The molecule has 0 aromatic heterocycles. The van der Waals surface area contributed by atoms with Crippen molar-refractivity contribution in [3.05, 3.63) is 105 Å². The van der Waals surface area contributed by atoms with Gasteiger partial charge >= 0.3 is 5.97 Å². The molecule has 196 valence electrons. The van der Waals surface area contributed by atoms with E-state index < -0.39 is 11.9 Å². The molecule has 0 unspecified atom stereocenters. The molecular weight excluding hydrogens is 607 g/mol. The van der Waals surface area contributed by atoms with Crippen LogP contribution >= 0.6 is 22.6 Å². The molecule has 0 fully saturated rings. The zero-order chi connectivity index (χ0) is 27.8. The Kier molecular flexibility index (Phi) is 9.18. The maximum Gasteiger partial charge on any atom is 0.338 e. The van der Waals surface area contributed by atoms with Gasteiger partial charge in [0.25, 0.3) is 5.91 Å². The molecule has 0 saturated carbocycles. The number of anilines is 1. The van der Waals surface area contributed by atoms with Gasteiger partial charge in [0.2, 0.25) is 0 Å². The molecule has 0 radical (unpaired) electrons. The second-order valence-corrected chi connectivity index (χ2v) is 9.55. The van der Waals surface area contributed by atoms with Gasteiger partial charge in [-0.2, -0.15) is 5.26 Å². The molecule has 0 saturated heterocycles. The molecule has 0 aliphatic rings. The fourth-order valence-electron chi connectivity index (χ4n) is 3.95. The third kappa shape index (κ3) is 6.75. The molecule has 0 atom stereocenters. The Balaban J connectivity index is 1.51. The van der Waals surface area contributed by atoms with E-state index in [2.05, 4.69) is 46.1 Å². The van der Waals surface area contributed by atoms with Gasteiger partial charge in [-0.05, 0) is 93.9 Å². The maximum absolute atomic E-state index is 12.8. The van der Waals surface area contributed by atoms with Crippen LogP contribution in [-0.4, -0.2) is 25.6 Å². The van der Waals surface area contributed by atoms with E-state index in [1.165, 1.54) is 6.08 Å². The molecule has 4 rings (SSSR count). The number of benzene rings is 4.